The van der Waals surface area contributed by atoms with E-state index < -0.39 is 30.1 Å². The Morgan fingerprint density at radius 1 is 1.06 bits per heavy atom. The van der Waals surface area contributed by atoms with Crippen LogP contribution in [-0.4, -0.2) is 66.4 Å². The van der Waals surface area contributed by atoms with Crippen LogP contribution in [0, 0.1) is 11.8 Å². The highest BCUT2D eigenvalue weighted by Gasteiger charge is 2.43. The van der Waals surface area contributed by atoms with Crippen LogP contribution in [0.1, 0.15) is 36.8 Å². The number of amides is 2. The van der Waals surface area contributed by atoms with Gasteiger partial charge in [0.05, 0.1) is 25.2 Å². The summed E-state index contributed by atoms with van der Waals surface area (Å²) < 4.78 is 11.1. The molecule has 184 valence electrons. The first-order valence-electron chi connectivity index (χ1n) is 12.2. The lowest BCUT2D eigenvalue weighted by Crippen LogP contribution is -2.55. The first-order chi connectivity index (χ1) is 16.9. The van der Waals surface area contributed by atoms with E-state index in [1.165, 1.54) is 4.90 Å². The van der Waals surface area contributed by atoms with E-state index in [0.717, 1.165) is 28.7 Å². The molecule has 4 unspecified atom stereocenters. The van der Waals surface area contributed by atoms with Gasteiger partial charge in [0.25, 0.3) is 0 Å². The molecule has 3 aliphatic rings. The van der Waals surface area contributed by atoms with Crippen molar-refractivity contribution in [2.24, 2.45) is 11.8 Å². The van der Waals surface area contributed by atoms with Crippen LogP contribution in [0.25, 0.3) is 11.1 Å². The van der Waals surface area contributed by atoms with Gasteiger partial charge in [0.1, 0.15) is 12.6 Å². The molecule has 2 saturated heterocycles. The quantitative estimate of drug-likeness (QED) is 0.684. The number of aliphatic carboxylic acids is 1. The fourth-order valence-electron chi connectivity index (χ4n) is 5.58. The second-order valence-corrected chi connectivity index (χ2v) is 9.74. The molecule has 1 aliphatic carbocycles. The highest BCUT2D eigenvalue weighted by atomic mass is 16.5. The van der Waals surface area contributed by atoms with Crippen molar-refractivity contribution in [3.8, 4) is 11.1 Å². The summed E-state index contributed by atoms with van der Waals surface area (Å²) in [5.41, 5.74) is 4.54. The summed E-state index contributed by atoms with van der Waals surface area (Å²) in [5, 5.41) is 12.4. The molecule has 2 aromatic carbocycles. The minimum Gasteiger partial charge on any atom is -0.480 e. The standard InChI is InChI=1S/C27H30N2O6/c1-16-10-11-29(24(12-16)26(31)32)25(30)22-13-34-15-23(22)28-27(33)35-14-21-19-8-4-2-6-17(19)18-7-3-5-9-20(18)21/h2-9,16,21-24H,10-15H2,1H3,(H,28,33)(H,31,32). The van der Waals surface area contributed by atoms with E-state index in [1.807, 2.05) is 31.2 Å². The molecular formula is C27H30N2O6. The summed E-state index contributed by atoms with van der Waals surface area (Å²) in [6.45, 7) is 2.90. The highest BCUT2D eigenvalue weighted by Crippen LogP contribution is 2.44. The van der Waals surface area contributed by atoms with Crippen molar-refractivity contribution in [2.45, 2.75) is 37.8 Å². The van der Waals surface area contributed by atoms with Gasteiger partial charge < -0.3 is 24.8 Å². The number of hydrogen-bond donors (Lipinski definition) is 2. The second-order valence-electron chi connectivity index (χ2n) is 9.74. The van der Waals surface area contributed by atoms with Crippen molar-refractivity contribution >= 4 is 18.0 Å². The van der Waals surface area contributed by atoms with Crippen molar-refractivity contribution < 1.29 is 29.0 Å². The van der Waals surface area contributed by atoms with E-state index in [0.29, 0.717) is 13.0 Å². The van der Waals surface area contributed by atoms with Gasteiger partial charge in [-0.15, -0.1) is 0 Å². The van der Waals surface area contributed by atoms with E-state index in [4.69, 9.17) is 9.47 Å². The number of nitrogens with one attached hydrogen (secondary N) is 1. The van der Waals surface area contributed by atoms with Gasteiger partial charge in [-0.05, 0) is 41.0 Å². The maximum absolute atomic E-state index is 13.2. The number of nitrogens with zero attached hydrogens (tertiary/aromatic N) is 1. The minimum absolute atomic E-state index is 0.0583. The number of rotatable bonds is 5. The molecule has 0 saturated carbocycles. The SMILES string of the molecule is CC1CCN(C(=O)C2COCC2NC(=O)OCC2c3ccccc3-c3ccccc32)C(C(=O)O)C1. The maximum Gasteiger partial charge on any atom is 0.407 e. The predicted octanol–water partition coefficient (Wildman–Crippen LogP) is 3.25. The number of carboxylic acids is 1. The third kappa shape index (κ3) is 4.50. The number of alkyl carbamates (subject to hydrolysis) is 1. The van der Waals surface area contributed by atoms with Crippen LogP contribution in [0.15, 0.2) is 48.5 Å². The zero-order valence-electron chi connectivity index (χ0n) is 19.7. The summed E-state index contributed by atoms with van der Waals surface area (Å²) >= 11 is 0. The number of carbonyl (C=O) groups is 3. The van der Waals surface area contributed by atoms with Crippen LogP contribution >= 0.6 is 0 Å². The Hall–Kier alpha value is -3.39. The molecule has 35 heavy (non-hydrogen) atoms. The lowest BCUT2D eigenvalue weighted by molar-refractivity contribution is -0.155. The summed E-state index contributed by atoms with van der Waals surface area (Å²) in [5.74, 6) is -1.73. The zero-order valence-corrected chi connectivity index (χ0v) is 19.7. The molecule has 0 spiro atoms. The minimum atomic E-state index is -0.995. The lowest BCUT2D eigenvalue weighted by atomic mass is 9.90. The van der Waals surface area contributed by atoms with Gasteiger partial charge in [0.15, 0.2) is 0 Å². The van der Waals surface area contributed by atoms with E-state index in [-0.39, 0.29) is 37.6 Å². The number of ether oxygens (including phenoxy) is 2. The van der Waals surface area contributed by atoms with Crippen molar-refractivity contribution in [3.63, 3.8) is 0 Å². The largest absolute Gasteiger partial charge is 0.480 e. The summed E-state index contributed by atoms with van der Waals surface area (Å²) in [4.78, 5) is 39.2. The predicted molar refractivity (Wildman–Crippen MR) is 128 cm³/mol. The number of carboxylic acid groups (broad SMARTS) is 1. The Balaban J connectivity index is 1.23. The molecule has 2 heterocycles. The van der Waals surface area contributed by atoms with Gasteiger partial charge in [-0.3, -0.25) is 4.79 Å². The smallest absolute Gasteiger partial charge is 0.407 e. The number of hydrogen-bond acceptors (Lipinski definition) is 5. The van der Waals surface area contributed by atoms with Crippen LogP contribution < -0.4 is 5.32 Å². The van der Waals surface area contributed by atoms with Crippen LogP contribution in [0.3, 0.4) is 0 Å². The number of benzene rings is 2. The average Bonchev–Trinajstić information content (AvgIpc) is 3.44. The summed E-state index contributed by atoms with van der Waals surface area (Å²) in [6, 6.07) is 14.8. The topological polar surface area (TPSA) is 105 Å². The Morgan fingerprint density at radius 3 is 2.37 bits per heavy atom. The zero-order chi connectivity index (χ0) is 24.5. The molecule has 8 nitrogen and oxygen atoms in total. The molecule has 4 atom stereocenters. The lowest BCUT2D eigenvalue weighted by Gasteiger charge is -2.38. The molecule has 2 amide bonds. The van der Waals surface area contributed by atoms with Gasteiger partial charge >= 0.3 is 12.1 Å². The molecule has 0 radical (unpaired) electrons. The van der Waals surface area contributed by atoms with Gasteiger partial charge in [0, 0.05) is 12.5 Å². The molecule has 2 aliphatic heterocycles. The van der Waals surface area contributed by atoms with E-state index in [1.54, 1.807) is 0 Å². The number of likely N-dealkylation sites (tertiary alicyclic amines) is 1. The van der Waals surface area contributed by atoms with Crippen molar-refractivity contribution in [1.29, 1.82) is 0 Å². The summed E-state index contributed by atoms with van der Waals surface area (Å²) in [7, 11) is 0. The Morgan fingerprint density at radius 2 is 1.71 bits per heavy atom. The average molecular weight is 479 g/mol. The van der Waals surface area contributed by atoms with E-state index >= 15 is 0 Å². The first kappa shape index (κ1) is 23.4. The maximum atomic E-state index is 13.2. The molecule has 2 N–H and O–H groups in total. The fraction of sp³-hybridized carbons (Fsp3) is 0.444. The second kappa shape index (κ2) is 9.70. The Kier molecular flexibility index (Phi) is 6.47. The molecule has 8 heteroatoms. The highest BCUT2D eigenvalue weighted by molar-refractivity contribution is 5.86. The third-order valence-corrected chi connectivity index (χ3v) is 7.48. The number of piperidine rings is 1. The van der Waals surface area contributed by atoms with Crippen LogP contribution in [0.4, 0.5) is 4.79 Å². The molecule has 2 aromatic rings. The molecule has 0 aromatic heterocycles. The normalized spacial score (nSPS) is 25.6. The monoisotopic (exact) mass is 478 g/mol. The van der Waals surface area contributed by atoms with Crippen LogP contribution in [0.2, 0.25) is 0 Å². The molecule has 0 bridgehead atoms. The Bertz CT molecular complexity index is 1090. The number of carbonyl (C=O) groups excluding carboxylic acids is 2. The van der Waals surface area contributed by atoms with Crippen LogP contribution in [0.5, 0.6) is 0 Å². The van der Waals surface area contributed by atoms with E-state index in [9.17, 15) is 19.5 Å². The third-order valence-electron chi connectivity index (χ3n) is 7.48. The van der Waals surface area contributed by atoms with Crippen LogP contribution in [-0.2, 0) is 19.1 Å². The van der Waals surface area contributed by atoms with Gasteiger partial charge in [-0.2, -0.15) is 0 Å². The Labute approximate surface area is 204 Å². The molecule has 2 fully saturated rings. The van der Waals surface area contributed by atoms with Gasteiger partial charge in [-0.1, -0.05) is 55.5 Å². The molecular weight excluding hydrogens is 448 g/mol. The number of fused-ring (bicyclic) bond motifs is 3. The summed E-state index contributed by atoms with van der Waals surface area (Å²) in [6.07, 6.45) is 0.578. The first-order valence-corrected chi connectivity index (χ1v) is 12.2. The molecule has 5 rings (SSSR count). The van der Waals surface area contributed by atoms with Crippen molar-refractivity contribution in [3.05, 3.63) is 59.7 Å². The van der Waals surface area contributed by atoms with E-state index in [2.05, 4.69) is 29.6 Å². The van der Waals surface area contributed by atoms with Gasteiger partial charge in [-0.25, -0.2) is 9.59 Å². The fourth-order valence-corrected chi connectivity index (χ4v) is 5.58. The van der Waals surface area contributed by atoms with Crippen molar-refractivity contribution in [2.75, 3.05) is 26.4 Å². The van der Waals surface area contributed by atoms with Crippen molar-refractivity contribution in [1.82, 2.24) is 10.2 Å². The van der Waals surface area contributed by atoms with Gasteiger partial charge in [0.2, 0.25) is 5.91 Å².